The van der Waals surface area contributed by atoms with Gasteiger partial charge in [-0.25, -0.2) is 4.98 Å². The highest BCUT2D eigenvalue weighted by atomic mass is 32.1. The second-order valence-corrected chi connectivity index (χ2v) is 4.73. The lowest BCUT2D eigenvalue weighted by Crippen LogP contribution is -1.98. The Morgan fingerprint density at radius 2 is 2.19 bits per heavy atom. The minimum atomic E-state index is 0.509. The first kappa shape index (κ1) is 11.0. The standard InChI is InChI=1S/C12H14N2OS/c1-8-5-10(13)3-4-12(8)15-6-11-7-16-9(2)14-11/h3-5,7H,6,13H2,1-2H3. The predicted octanol–water partition coefficient (Wildman–Crippen LogP) is 2.92. The second kappa shape index (κ2) is 4.53. The number of aromatic nitrogens is 1. The molecule has 3 nitrogen and oxygen atoms in total. The van der Waals surface area contributed by atoms with Crippen molar-refractivity contribution in [2.45, 2.75) is 20.5 Å². The average Bonchev–Trinajstić information content (AvgIpc) is 2.63. The van der Waals surface area contributed by atoms with E-state index in [-0.39, 0.29) is 0 Å². The second-order valence-electron chi connectivity index (χ2n) is 3.67. The van der Waals surface area contributed by atoms with Gasteiger partial charge in [-0.2, -0.15) is 0 Å². The summed E-state index contributed by atoms with van der Waals surface area (Å²) in [7, 11) is 0. The van der Waals surface area contributed by atoms with Crippen LogP contribution in [0.5, 0.6) is 5.75 Å². The van der Waals surface area contributed by atoms with Crippen LogP contribution in [0, 0.1) is 13.8 Å². The summed E-state index contributed by atoms with van der Waals surface area (Å²) in [5.74, 6) is 0.861. The normalized spacial score (nSPS) is 10.4. The summed E-state index contributed by atoms with van der Waals surface area (Å²) >= 11 is 1.64. The molecule has 0 fully saturated rings. The van der Waals surface area contributed by atoms with Gasteiger partial charge in [0.15, 0.2) is 0 Å². The highest BCUT2D eigenvalue weighted by Crippen LogP contribution is 2.21. The minimum absolute atomic E-state index is 0.509. The first-order chi connectivity index (χ1) is 7.65. The average molecular weight is 234 g/mol. The fourth-order valence-electron chi connectivity index (χ4n) is 1.46. The van der Waals surface area contributed by atoms with E-state index in [0.717, 1.165) is 27.7 Å². The van der Waals surface area contributed by atoms with E-state index in [4.69, 9.17) is 10.5 Å². The lowest BCUT2D eigenvalue weighted by Gasteiger charge is -2.08. The summed E-state index contributed by atoms with van der Waals surface area (Å²) in [6.07, 6.45) is 0. The first-order valence-corrected chi connectivity index (χ1v) is 5.93. The smallest absolute Gasteiger partial charge is 0.131 e. The monoisotopic (exact) mass is 234 g/mol. The number of nitrogens with zero attached hydrogens (tertiary/aromatic N) is 1. The van der Waals surface area contributed by atoms with Gasteiger partial charge >= 0.3 is 0 Å². The predicted molar refractivity (Wildman–Crippen MR) is 66.8 cm³/mol. The fraction of sp³-hybridized carbons (Fsp3) is 0.250. The van der Waals surface area contributed by atoms with Gasteiger partial charge < -0.3 is 10.5 Å². The summed E-state index contributed by atoms with van der Waals surface area (Å²) < 4.78 is 5.68. The molecule has 0 spiro atoms. The summed E-state index contributed by atoms with van der Waals surface area (Å²) in [5.41, 5.74) is 8.45. The molecule has 2 rings (SSSR count). The van der Waals surface area contributed by atoms with Crippen LogP contribution >= 0.6 is 11.3 Å². The van der Waals surface area contributed by atoms with Crippen LogP contribution < -0.4 is 10.5 Å². The van der Waals surface area contributed by atoms with E-state index >= 15 is 0 Å². The van der Waals surface area contributed by atoms with Crippen LogP contribution in [0.15, 0.2) is 23.6 Å². The molecule has 0 saturated carbocycles. The Balaban J connectivity index is 2.04. The summed E-state index contributed by atoms with van der Waals surface area (Å²) in [6.45, 7) is 4.48. The van der Waals surface area contributed by atoms with Crippen LogP contribution in [0.1, 0.15) is 16.3 Å². The summed E-state index contributed by atoms with van der Waals surface area (Å²) in [4.78, 5) is 4.34. The lowest BCUT2D eigenvalue weighted by molar-refractivity contribution is 0.300. The van der Waals surface area contributed by atoms with Crippen molar-refractivity contribution >= 4 is 17.0 Å². The molecule has 1 aromatic heterocycles. The van der Waals surface area contributed by atoms with Crippen molar-refractivity contribution < 1.29 is 4.74 Å². The van der Waals surface area contributed by atoms with E-state index in [1.165, 1.54) is 0 Å². The molecular weight excluding hydrogens is 220 g/mol. The number of ether oxygens (including phenoxy) is 1. The molecule has 0 aliphatic rings. The molecule has 0 bridgehead atoms. The van der Waals surface area contributed by atoms with Crippen molar-refractivity contribution in [2.24, 2.45) is 0 Å². The van der Waals surface area contributed by atoms with Gasteiger partial charge in [-0.05, 0) is 37.6 Å². The number of hydrogen-bond donors (Lipinski definition) is 1. The number of nitrogens with two attached hydrogens (primary N) is 1. The van der Waals surface area contributed by atoms with Crippen LogP contribution in [-0.2, 0) is 6.61 Å². The third-order valence-corrected chi connectivity index (χ3v) is 3.06. The molecule has 0 saturated heterocycles. The number of hydrogen-bond acceptors (Lipinski definition) is 4. The Labute approximate surface area is 98.9 Å². The number of aryl methyl sites for hydroxylation is 2. The maximum absolute atomic E-state index is 5.68. The van der Waals surface area contributed by atoms with Gasteiger partial charge in [0.25, 0.3) is 0 Å². The zero-order valence-electron chi connectivity index (χ0n) is 9.36. The van der Waals surface area contributed by atoms with Crippen LogP contribution in [-0.4, -0.2) is 4.98 Å². The van der Waals surface area contributed by atoms with Gasteiger partial charge in [0.2, 0.25) is 0 Å². The number of rotatable bonds is 3. The minimum Gasteiger partial charge on any atom is -0.487 e. The molecule has 0 aliphatic heterocycles. The van der Waals surface area contributed by atoms with E-state index < -0.39 is 0 Å². The number of nitrogen functional groups attached to an aromatic ring is 1. The maximum Gasteiger partial charge on any atom is 0.131 e. The number of thiazole rings is 1. The van der Waals surface area contributed by atoms with Gasteiger partial charge in [-0.1, -0.05) is 0 Å². The zero-order chi connectivity index (χ0) is 11.5. The zero-order valence-corrected chi connectivity index (χ0v) is 10.2. The summed E-state index contributed by atoms with van der Waals surface area (Å²) in [6, 6.07) is 5.64. The Morgan fingerprint density at radius 1 is 1.38 bits per heavy atom. The Kier molecular flexibility index (Phi) is 3.10. The van der Waals surface area contributed by atoms with E-state index in [0.29, 0.717) is 6.61 Å². The Bertz CT molecular complexity index is 494. The van der Waals surface area contributed by atoms with Gasteiger partial charge in [0.1, 0.15) is 12.4 Å². The van der Waals surface area contributed by atoms with Gasteiger partial charge in [-0.15, -0.1) is 11.3 Å². The highest BCUT2D eigenvalue weighted by molar-refractivity contribution is 7.09. The van der Waals surface area contributed by atoms with Gasteiger partial charge in [0, 0.05) is 11.1 Å². The molecular formula is C12H14N2OS. The van der Waals surface area contributed by atoms with E-state index in [9.17, 15) is 0 Å². The molecule has 0 radical (unpaired) electrons. The van der Waals surface area contributed by atoms with Crippen LogP contribution in [0.4, 0.5) is 5.69 Å². The van der Waals surface area contributed by atoms with Crippen molar-refractivity contribution in [2.75, 3.05) is 5.73 Å². The molecule has 1 heterocycles. The van der Waals surface area contributed by atoms with Crippen molar-refractivity contribution in [3.63, 3.8) is 0 Å². The summed E-state index contributed by atoms with van der Waals surface area (Å²) in [5, 5.41) is 3.08. The van der Waals surface area contributed by atoms with Crippen molar-refractivity contribution in [1.29, 1.82) is 0 Å². The number of benzene rings is 1. The quantitative estimate of drug-likeness (QED) is 0.831. The van der Waals surface area contributed by atoms with E-state index in [2.05, 4.69) is 4.98 Å². The molecule has 1 aromatic carbocycles. The molecule has 0 atom stereocenters. The van der Waals surface area contributed by atoms with Gasteiger partial charge in [-0.3, -0.25) is 0 Å². The van der Waals surface area contributed by atoms with Crippen LogP contribution in [0.25, 0.3) is 0 Å². The molecule has 84 valence electrons. The third kappa shape index (κ3) is 2.52. The van der Waals surface area contributed by atoms with Gasteiger partial charge in [0.05, 0.1) is 10.7 Å². The molecule has 0 aliphatic carbocycles. The van der Waals surface area contributed by atoms with Crippen molar-refractivity contribution in [1.82, 2.24) is 4.98 Å². The van der Waals surface area contributed by atoms with E-state index in [1.807, 2.05) is 37.4 Å². The lowest BCUT2D eigenvalue weighted by atomic mass is 10.2. The Morgan fingerprint density at radius 3 is 2.81 bits per heavy atom. The van der Waals surface area contributed by atoms with E-state index in [1.54, 1.807) is 11.3 Å². The molecule has 0 amide bonds. The largest absolute Gasteiger partial charge is 0.487 e. The molecule has 16 heavy (non-hydrogen) atoms. The molecule has 0 unspecified atom stereocenters. The fourth-order valence-corrected chi connectivity index (χ4v) is 2.06. The highest BCUT2D eigenvalue weighted by Gasteiger charge is 2.02. The van der Waals surface area contributed by atoms with Crippen LogP contribution in [0.3, 0.4) is 0 Å². The first-order valence-electron chi connectivity index (χ1n) is 5.05. The SMILES string of the molecule is Cc1nc(COc2ccc(N)cc2C)cs1. The van der Waals surface area contributed by atoms with Crippen LogP contribution in [0.2, 0.25) is 0 Å². The third-order valence-electron chi connectivity index (χ3n) is 2.24. The number of anilines is 1. The maximum atomic E-state index is 5.68. The molecule has 2 aromatic rings. The Hall–Kier alpha value is -1.55. The molecule has 4 heteroatoms. The van der Waals surface area contributed by atoms with Crippen molar-refractivity contribution in [3.8, 4) is 5.75 Å². The van der Waals surface area contributed by atoms with Crippen molar-refractivity contribution in [3.05, 3.63) is 39.8 Å². The molecule has 2 N–H and O–H groups in total. The topological polar surface area (TPSA) is 48.1 Å².